The summed E-state index contributed by atoms with van der Waals surface area (Å²) in [6, 6.07) is 10.6. The molecule has 3 rings (SSSR count). The van der Waals surface area contributed by atoms with Crippen molar-refractivity contribution in [3.8, 4) is 0 Å². The van der Waals surface area contributed by atoms with Gasteiger partial charge in [0.05, 0.1) is 11.6 Å². The highest BCUT2D eigenvalue weighted by Crippen LogP contribution is 2.30. The van der Waals surface area contributed by atoms with E-state index in [-0.39, 0.29) is 30.5 Å². The van der Waals surface area contributed by atoms with Crippen LogP contribution in [0.3, 0.4) is 0 Å². The Labute approximate surface area is 151 Å². The van der Waals surface area contributed by atoms with Gasteiger partial charge in [-0.05, 0) is 37.6 Å². The van der Waals surface area contributed by atoms with E-state index in [1.165, 1.54) is 11.0 Å². The summed E-state index contributed by atoms with van der Waals surface area (Å²) in [4.78, 5) is 28.2. The van der Waals surface area contributed by atoms with Gasteiger partial charge in [-0.2, -0.15) is 0 Å². The van der Waals surface area contributed by atoms with Crippen LogP contribution in [0.4, 0.5) is 20.2 Å². The molecule has 6 heteroatoms. The summed E-state index contributed by atoms with van der Waals surface area (Å²) >= 11 is 0. The van der Waals surface area contributed by atoms with E-state index < -0.39 is 17.6 Å². The van der Waals surface area contributed by atoms with Crippen LogP contribution in [0, 0.1) is 24.5 Å². The van der Waals surface area contributed by atoms with E-state index in [9.17, 15) is 18.4 Å². The number of carbonyl (C=O) groups is 2. The molecule has 2 aromatic carbocycles. The van der Waals surface area contributed by atoms with Gasteiger partial charge < -0.3 is 9.80 Å². The number of rotatable bonds is 4. The van der Waals surface area contributed by atoms with Crippen molar-refractivity contribution in [1.82, 2.24) is 0 Å². The quantitative estimate of drug-likeness (QED) is 0.837. The Morgan fingerprint density at radius 3 is 2.62 bits per heavy atom. The number of hydrogen-bond donors (Lipinski definition) is 0. The van der Waals surface area contributed by atoms with E-state index in [4.69, 9.17) is 0 Å². The van der Waals surface area contributed by atoms with Crippen LogP contribution in [-0.4, -0.2) is 24.9 Å². The molecule has 1 atom stereocenters. The standard InChI is InChI=1S/C20H20F2N2O2/c1-3-23(17-7-5-4-6-13(17)2)20(26)14-10-19(25)24(12-14)18-9-8-15(21)11-16(18)22/h4-9,11,14H,3,10,12H2,1-2H3/t14-/m0/s1. The lowest BCUT2D eigenvalue weighted by Gasteiger charge is -2.26. The van der Waals surface area contributed by atoms with Crippen molar-refractivity contribution < 1.29 is 18.4 Å². The van der Waals surface area contributed by atoms with Gasteiger partial charge in [0, 0.05) is 31.3 Å². The monoisotopic (exact) mass is 358 g/mol. The molecular formula is C20H20F2N2O2. The summed E-state index contributed by atoms with van der Waals surface area (Å²) in [5.41, 5.74) is 1.78. The fraction of sp³-hybridized carbons (Fsp3) is 0.300. The maximum Gasteiger partial charge on any atom is 0.232 e. The fourth-order valence-electron chi connectivity index (χ4n) is 3.34. The van der Waals surface area contributed by atoms with E-state index >= 15 is 0 Å². The first-order valence-electron chi connectivity index (χ1n) is 8.54. The Hall–Kier alpha value is -2.76. The van der Waals surface area contributed by atoms with Crippen LogP contribution in [0.1, 0.15) is 18.9 Å². The van der Waals surface area contributed by atoms with Crippen molar-refractivity contribution in [2.75, 3.05) is 22.9 Å². The largest absolute Gasteiger partial charge is 0.312 e. The third-order valence-corrected chi connectivity index (χ3v) is 4.66. The van der Waals surface area contributed by atoms with Gasteiger partial charge in [0.15, 0.2) is 0 Å². The first kappa shape index (κ1) is 18.0. The lowest BCUT2D eigenvalue weighted by atomic mass is 10.1. The van der Waals surface area contributed by atoms with E-state index in [1.54, 1.807) is 4.90 Å². The number of halogens is 2. The third kappa shape index (κ3) is 3.31. The van der Waals surface area contributed by atoms with Crippen molar-refractivity contribution >= 4 is 23.2 Å². The maximum atomic E-state index is 14.0. The highest BCUT2D eigenvalue weighted by Gasteiger charge is 2.38. The Morgan fingerprint density at radius 2 is 1.96 bits per heavy atom. The number of anilines is 2. The van der Waals surface area contributed by atoms with Crippen LogP contribution in [0.25, 0.3) is 0 Å². The SMILES string of the molecule is CCN(C(=O)[C@H]1CC(=O)N(c2ccc(F)cc2F)C1)c1ccccc1C. The average molecular weight is 358 g/mol. The molecule has 2 amide bonds. The molecule has 0 aliphatic carbocycles. The Bertz CT molecular complexity index is 853. The van der Waals surface area contributed by atoms with Gasteiger partial charge in [0.25, 0.3) is 0 Å². The molecule has 0 unspecified atom stereocenters. The molecule has 1 heterocycles. The molecule has 0 N–H and O–H groups in total. The normalized spacial score (nSPS) is 16.8. The molecule has 136 valence electrons. The zero-order valence-corrected chi connectivity index (χ0v) is 14.7. The van der Waals surface area contributed by atoms with Crippen LogP contribution in [0.2, 0.25) is 0 Å². The molecule has 2 aromatic rings. The topological polar surface area (TPSA) is 40.6 Å². The summed E-state index contributed by atoms with van der Waals surface area (Å²) in [5, 5.41) is 0. The first-order chi connectivity index (χ1) is 12.4. The summed E-state index contributed by atoms with van der Waals surface area (Å²) in [6.07, 6.45) is 0.0119. The predicted molar refractivity (Wildman–Crippen MR) is 96.0 cm³/mol. The molecule has 0 bridgehead atoms. The van der Waals surface area contributed by atoms with Gasteiger partial charge in [0.2, 0.25) is 11.8 Å². The predicted octanol–water partition coefficient (Wildman–Crippen LogP) is 3.68. The van der Waals surface area contributed by atoms with Crippen molar-refractivity contribution in [3.05, 3.63) is 59.7 Å². The fourth-order valence-corrected chi connectivity index (χ4v) is 3.34. The number of carbonyl (C=O) groups excluding carboxylic acids is 2. The van der Waals surface area contributed by atoms with Crippen molar-refractivity contribution in [2.24, 2.45) is 5.92 Å². The van der Waals surface area contributed by atoms with E-state index in [1.807, 2.05) is 38.1 Å². The van der Waals surface area contributed by atoms with Crippen LogP contribution in [-0.2, 0) is 9.59 Å². The molecule has 1 saturated heterocycles. The second-order valence-corrected chi connectivity index (χ2v) is 6.37. The second kappa shape index (κ2) is 7.23. The molecule has 0 spiro atoms. The number of hydrogen-bond acceptors (Lipinski definition) is 2. The van der Waals surface area contributed by atoms with Crippen molar-refractivity contribution in [3.63, 3.8) is 0 Å². The molecule has 1 fully saturated rings. The lowest BCUT2D eigenvalue weighted by molar-refractivity contribution is -0.124. The summed E-state index contributed by atoms with van der Waals surface area (Å²) in [6.45, 7) is 4.35. The Kier molecular flexibility index (Phi) is 5.02. The maximum absolute atomic E-state index is 14.0. The van der Waals surface area contributed by atoms with Gasteiger partial charge >= 0.3 is 0 Å². The number of nitrogens with zero attached hydrogens (tertiary/aromatic N) is 2. The second-order valence-electron chi connectivity index (χ2n) is 6.37. The molecule has 26 heavy (non-hydrogen) atoms. The molecule has 0 radical (unpaired) electrons. The van der Waals surface area contributed by atoms with Gasteiger partial charge in [-0.15, -0.1) is 0 Å². The zero-order valence-electron chi connectivity index (χ0n) is 14.7. The van der Waals surface area contributed by atoms with Crippen LogP contribution < -0.4 is 9.80 Å². The first-order valence-corrected chi connectivity index (χ1v) is 8.54. The van der Waals surface area contributed by atoms with E-state index in [2.05, 4.69) is 0 Å². The summed E-state index contributed by atoms with van der Waals surface area (Å²) in [7, 11) is 0. The summed E-state index contributed by atoms with van der Waals surface area (Å²) < 4.78 is 27.1. The molecule has 1 aliphatic rings. The number of benzene rings is 2. The van der Waals surface area contributed by atoms with Gasteiger partial charge in [-0.1, -0.05) is 18.2 Å². The van der Waals surface area contributed by atoms with E-state index in [0.29, 0.717) is 6.54 Å². The number of amides is 2. The van der Waals surface area contributed by atoms with Crippen molar-refractivity contribution in [2.45, 2.75) is 20.3 Å². The molecule has 0 saturated carbocycles. The Morgan fingerprint density at radius 1 is 1.23 bits per heavy atom. The number of para-hydroxylation sites is 1. The minimum Gasteiger partial charge on any atom is -0.312 e. The van der Waals surface area contributed by atoms with Gasteiger partial charge in [-0.3, -0.25) is 9.59 Å². The summed E-state index contributed by atoms with van der Waals surface area (Å²) in [5.74, 6) is -2.58. The smallest absolute Gasteiger partial charge is 0.232 e. The van der Waals surface area contributed by atoms with Crippen molar-refractivity contribution in [1.29, 1.82) is 0 Å². The molecule has 1 aliphatic heterocycles. The lowest BCUT2D eigenvalue weighted by Crippen LogP contribution is -2.38. The van der Waals surface area contributed by atoms with E-state index in [0.717, 1.165) is 23.4 Å². The number of aryl methyl sites for hydroxylation is 1. The van der Waals surface area contributed by atoms with Crippen LogP contribution in [0.15, 0.2) is 42.5 Å². The molecule has 0 aromatic heterocycles. The average Bonchev–Trinajstić information content (AvgIpc) is 2.99. The van der Waals surface area contributed by atoms with Gasteiger partial charge in [-0.25, -0.2) is 8.78 Å². The highest BCUT2D eigenvalue weighted by molar-refractivity contribution is 6.04. The van der Waals surface area contributed by atoms with Gasteiger partial charge in [0.1, 0.15) is 11.6 Å². The minimum atomic E-state index is -0.808. The third-order valence-electron chi connectivity index (χ3n) is 4.66. The van der Waals surface area contributed by atoms with Crippen LogP contribution >= 0.6 is 0 Å². The highest BCUT2D eigenvalue weighted by atomic mass is 19.1. The molecule has 4 nitrogen and oxygen atoms in total. The van der Waals surface area contributed by atoms with Crippen LogP contribution in [0.5, 0.6) is 0 Å². The minimum absolute atomic E-state index is 0.00522. The Balaban J connectivity index is 1.83. The zero-order chi connectivity index (χ0) is 18.8. The molecular weight excluding hydrogens is 338 g/mol.